The fourth-order valence-corrected chi connectivity index (χ4v) is 17.5. The number of rotatable bonds is 16. The fourth-order valence-electron chi connectivity index (χ4n) is 17.5. The van der Waals surface area contributed by atoms with Crippen molar-refractivity contribution in [1.29, 1.82) is 21.0 Å². The predicted octanol–water partition coefficient (Wildman–Crippen LogP) is 12.0. The van der Waals surface area contributed by atoms with Crippen LogP contribution in [0.3, 0.4) is 0 Å². The van der Waals surface area contributed by atoms with E-state index in [1.165, 1.54) is 37.8 Å². The fraction of sp³-hybridized carbons (Fsp3) is 0.500. The van der Waals surface area contributed by atoms with Crippen LogP contribution in [0.15, 0.2) is 91.0 Å². The number of carbonyl (C=O) groups is 3. The van der Waals surface area contributed by atoms with E-state index >= 15 is 0 Å². The number of aromatic nitrogens is 3. The highest BCUT2D eigenvalue weighted by Crippen LogP contribution is 2.48. The standard InChI is InChI=1S/C27H33N3O2.C25H27F2N3O2.C22H22N4O/c1-17-23(26(32)16-29-21-8-9-24(29)25(31)12-21)11-22(10-19-13-27(2,3)14-19)30(17)20-6-4-18(15-28)5-7-20;1-15-21(24(32)14-29-19-6-7-22(29)23(31)10-19)9-20(8-17-11-25(26,27)12-17)30(15)18-4-2-16(13-28)3-5-18;1-14-9-18-7-8-21(14)25(18)13-22(27)20-10-19(12-24)26(15(20)2)17-5-3-16(11-23)4-6-17/h4-7,11,19,21,24-25,31H,8-10,12-14,16H2,1-3H3;2-5,9,17,19,22-23,31H,6-8,10-12,14H2,1H3;3-6,10,14,18,21H,7-9,13H2,1-2H3/t21?,24?,25-;19?,22?,23-;14-,18?,21?/m000/s1. The average Bonchev–Trinajstić information content (AvgIpc) is 1.78. The van der Waals surface area contributed by atoms with E-state index in [0.717, 1.165) is 90.3 Å². The molecule has 9 heterocycles. The summed E-state index contributed by atoms with van der Waals surface area (Å²) in [4.78, 5) is 46.6. The molecule has 3 aromatic heterocycles. The SMILES string of the molecule is Cc1c(C(=O)CN2C3CCC2[C@@H](C)C3)cc(C#N)n1-c1ccc(C#N)cc1.Cc1c(C(=O)CN2C3CCC2[C@@H](O)C3)cc(CC2CC(C)(C)C2)n1-c1ccc(C#N)cc1.Cc1c(C(=O)CN2C3CCC2[C@@H](O)C3)cc(CC2CC(F)(F)C2)n1-c1ccc(C#N)cc1. The van der Waals surface area contributed by atoms with Crippen molar-refractivity contribution >= 4 is 17.3 Å². The summed E-state index contributed by atoms with van der Waals surface area (Å²) in [6.07, 6.45) is 12.1. The van der Waals surface area contributed by atoms with Gasteiger partial charge < -0.3 is 23.9 Å². The van der Waals surface area contributed by atoms with Gasteiger partial charge in [-0.1, -0.05) is 20.8 Å². The van der Waals surface area contributed by atoms with Gasteiger partial charge >= 0.3 is 0 Å². The van der Waals surface area contributed by atoms with Crippen LogP contribution < -0.4 is 0 Å². The van der Waals surface area contributed by atoms with E-state index in [1.54, 1.807) is 34.9 Å². The van der Waals surface area contributed by atoms with E-state index in [9.17, 15) is 43.9 Å². The Bertz CT molecular complexity index is 3760. The highest BCUT2D eigenvalue weighted by atomic mass is 19.3. The Morgan fingerprint density at radius 1 is 0.495 bits per heavy atom. The van der Waals surface area contributed by atoms with Gasteiger partial charge in [0.2, 0.25) is 5.92 Å². The molecule has 14 rings (SSSR count). The van der Waals surface area contributed by atoms with Crippen LogP contribution in [-0.4, -0.2) is 130 Å². The number of alkyl halides is 2. The lowest BCUT2D eigenvalue weighted by atomic mass is 9.63. The van der Waals surface area contributed by atoms with Crippen molar-refractivity contribution in [2.75, 3.05) is 19.6 Å². The Morgan fingerprint density at radius 3 is 1.16 bits per heavy atom. The van der Waals surface area contributed by atoms with E-state index in [0.29, 0.717) is 88.4 Å². The number of nitrogens with zero attached hydrogens (tertiary/aromatic N) is 10. The van der Waals surface area contributed by atoms with E-state index in [2.05, 4.69) is 70.4 Å². The molecule has 17 heteroatoms. The molecule has 0 spiro atoms. The number of ketones is 3. The number of fused-ring (bicyclic) bond motifs is 6. The number of aliphatic hydroxyl groups is 2. The van der Waals surface area contributed by atoms with Gasteiger partial charge in [-0.25, -0.2) is 8.78 Å². The number of benzene rings is 3. The van der Waals surface area contributed by atoms with Crippen molar-refractivity contribution in [2.24, 2.45) is 23.2 Å². The summed E-state index contributed by atoms with van der Waals surface area (Å²) in [6, 6.07) is 37.9. The zero-order valence-corrected chi connectivity index (χ0v) is 53.1. The summed E-state index contributed by atoms with van der Waals surface area (Å²) in [6.45, 7) is 13.8. The second-order valence-electron chi connectivity index (χ2n) is 28.4. The second-order valence-corrected chi connectivity index (χ2v) is 28.4. The van der Waals surface area contributed by atoms with Crippen LogP contribution in [0.2, 0.25) is 0 Å². The van der Waals surface area contributed by atoms with Crippen LogP contribution in [0.25, 0.3) is 17.1 Å². The van der Waals surface area contributed by atoms with Crippen LogP contribution in [0.5, 0.6) is 0 Å². The van der Waals surface area contributed by atoms with Gasteiger partial charge in [0.1, 0.15) is 11.8 Å². The lowest BCUT2D eigenvalue weighted by Crippen LogP contribution is -2.36. The van der Waals surface area contributed by atoms with Gasteiger partial charge in [-0.3, -0.25) is 29.1 Å². The van der Waals surface area contributed by atoms with Gasteiger partial charge in [0.25, 0.3) is 0 Å². The molecule has 6 saturated heterocycles. The normalized spacial score (nSPS) is 25.9. The largest absolute Gasteiger partial charge is 0.391 e. The first kappa shape index (κ1) is 63.3. The molecule has 6 bridgehead atoms. The van der Waals surface area contributed by atoms with E-state index in [1.807, 2.05) is 79.9 Å². The summed E-state index contributed by atoms with van der Waals surface area (Å²) in [5, 5.41) is 57.3. The molecule has 9 atom stereocenters. The third-order valence-electron chi connectivity index (χ3n) is 21.8. The number of aliphatic hydroxyl groups excluding tert-OH is 2. The minimum atomic E-state index is -2.58. The molecular formula is C74H82F2N10O5. The van der Waals surface area contributed by atoms with Crippen molar-refractivity contribution < 1.29 is 33.4 Å². The minimum absolute atomic E-state index is 0.00100. The van der Waals surface area contributed by atoms with Crippen LogP contribution in [0, 0.1) is 89.3 Å². The first-order chi connectivity index (χ1) is 43.5. The zero-order valence-electron chi connectivity index (χ0n) is 53.1. The van der Waals surface area contributed by atoms with Gasteiger partial charge in [-0.15, -0.1) is 0 Å². The smallest absolute Gasteiger partial charge is 0.248 e. The molecule has 6 unspecified atom stereocenters. The zero-order chi connectivity index (χ0) is 64.4. The first-order valence-corrected chi connectivity index (χ1v) is 32.7. The monoisotopic (exact) mass is 1230 g/mol. The third-order valence-corrected chi connectivity index (χ3v) is 21.8. The quantitative estimate of drug-likeness (QED) is 0.0867. The second kappa shape index (κ2) is 25.3. The molecule has 6 aromatic rings. The molecule has 3 aromatic carbocycles. The summed E-state index contributed by atoms with van der Waals surface area (Å²) >= 11 is 0. The number of Topliss-reactive ketones (excluding diaryl/α,β-unsaturated/α-hetero) is 3. The summed E-state index contributed by atoms with van der Waals surface area (Å²) in [5.74, 6) is -1.15. The number of hydrogen-bond donors (Lipinski definition) is 2. The van der Waals surface area contributed by atoms with E-state index in [-0.39, 0.29) is 73.0 Å². The Morgan fingerprint density at radius 2 is 0.846 bits per heavy atom. The molecule has 2 saturated carbocycles. The average molecular weight is 1230 g/mol. The molecule has 2 N–H and O–H groups in total. The maximum absolute atomic E-state index is 13.4. The van der Waals surface area contributed by atoms with Crippen molar-refractivity contribution in [3.63, 3.8) is 0 Å². The molecular weight excluding hydrogens is 1150 g/mol. The molecule has 15 nitrogen and oxygen atoms in total. The van der Waals surface area contributed by atoms with Gasteiger partial charge in [0.05, 0.1) is 66.7 Å². The van der Waals surface area contributed by atoms with E-state index in [4.69, 9.17) is 10.5 Å². The van der Waals surface area contributed by atoms with Gasteiger partial charge in [0.15, 0.2) is 17.3 Å². The number of nitriles is 4. The minimum Gasteiger partial charge on any atom is -0.391 e. The molecule has 0 amide bonds. The molecule has 0 radical (unpaired) electrons. The van der Waals surface area contributed by atoms with E-state index < -0.39 is 5.92 Å². The lowest BCUT2D eigenvalue weighted by molar-refractivity contribution is -0.110. The molecule has 2 aliphatic carbocycles. The molecule has 8 fully saturated rings. The van der Waals surface area contributed by atoms with Gasteiger partial charge in [-0.05, 0) is 218 Å². The number of carbonyl (C=O) groups excluding carboxylic acids is 3. The van der Waals surface area contributed by atoms with Crippen molar-refractivity contribution in [3.8, 4) is 41.3 Å². The van der Waals surface area contributed by atoms with Crippen molar-refractivity contribution in [1.82, 2.24) is 28.4 Å². The Balaban J connectivity index is 0.000000133. The maximum atomic E-state index is 13.4. The summed E-state index contributed by atoms with van der Waals surface area (Å²) in [7, 11) is 0. The van der Waals surface area contributed by atoms with Crippen molar-refractivity contribution in [2.45, 2.75) is 192 Å². The Labute approximate surface area is 532 Å². The Hall–Kier alpha value is -7.87. The highest BCUT2D eigenvalue weighted by Gasteiger charge is 2.49. The third kappa shape index (κ3) is 12.5. The molecule has 91 heavy (non-hydrogen) atoms. The Kier molecular flexibility index (Phi) is 17.6. The molecule has 6 aliphatic heterocycles. The molecule has 472 valence electrons. The number of hydrogen-bond acceptors (Lipinski definition) is 12. The number of halogens is 2. The van der Waals surface area contributed by atoms with Crippen LogP contribution in [-0.2, 0) is 12.8 Å². The highest BCUT2D eigenvalue weighted by molar-refractivity contribution is 6.00. The molecule has 8 aliphatic rings. The maximum Gasteiger partial charge on any atom is 0.248 e. The van der Waals surface area contributed by atoms with Crippen LogP contribution in [0.4, 0.5) is 8.78 Å². The summed E-state index contributed by atoms with van der Waals surface area (Å²) < 4.78 is 32.8. The topological polar surface area (TPSA) is 211 Å². The van der Waals surface area contributed by atoms with Crippen molar-refractivity contribution in [3.05, 3.63) is 159 Å². The lowest BCUT2D eigenvalue weighted by Gasteiger charge is -2.43. The van der Waals surface area contributed by atoms with Crippen LogP contribution >= 0.6 is 0 Å². The first-order valence-electron chi connectivity index (χ1n) is 32.7. The predicted molar refractivity (Wildman–Crippen MR) is 341 cm³/mol. The van der Waals surface area contributed by atoms with Gasteiger partial charge in [-0.2, -0.15) is 21.0 Å². The van der Waals surface area contributed by atoms with Gasteiger partial charge in [0, 0.05) is 111 Å². The summed E-state index contributed by atoms with van der Waals surface area (Å²) in [5.41, 5.74) is 11.8. The van der Waals surface area contributed by atoms with Crippen LogP contribution in [0.1, 0.15) is 186 Å².